The first kappa shape index (κ1) is 21.5. The van der Waals surface area contributed by atoms with Gasteiger partial charge in [0, 0.05) is 11.8 Å². The van der Waals surface area contributed by atoms with Gasteiger partial charge < -0.3 is 14.5 Å². The topological polar surface area (TPSA) is 55.6 Å². The van der Waals surface area contributed by atoms with E-state index < -0.39 is 12.1 Å². The second-order valence-electron chi connectivity index (χ2n) is 8.19. The first-order chi connectivity index (χ1) is 16.7. The van der Waals surface area contributed by atoms with E-state index in [0.29, 0.717) is 0 Å². The van der Waals surface area contributed by atoms with Crippen molar-refractivity contribution in [2.75, 3.05) is 0 Å². The molecule has 5 aromatic rings. The summed E-state index contributed by atoms with van der Waals surface area (Å²) in [6.45, 7) is 2.25. The van der Waals surface area contributed by atoms with Gasteiger partial charge in [0.15, 0.2) is 0 Å². The van der Waals surface area contributed by atoms with Crippen LogP contribution in [0.5, 0.6) is 0 Å². The minimum atomic E-state index is -0.487. The van der Waals surface area contributed by atoms with Crippen molar-refractivity contribution in [2.45, 2.75) is 19.6 Å². The Kier molecular flexibility index (Phi) is 6.08. The highest BCUT2D eigenvalue weighted by Gasteiger charge is 2.26. The van der Waals surface area contributed by atoms with Gasteiger partial charge in [-0.05, 0) is 30.2 Å². The number of nitrogens with zero attached hydrogens (tertiary/aromatic N) is 2. The molecule has 0 bridgehead atoms. The number of rotatable bonds is 6. The Labute approximate surface area is 198 Å². The molecule has 2 aromatic heterocycles. The Balaban J connectivity index is 1.57. The van der Waals surface area contributed by atoms with Gasteiger partial charge in [0.2, 0.25) is 0 Å². The van der Waals surface area contributed by atoms with Crippen LogP contribution in [0, 0.1) is 6.92 Å². The fraction of sp³-hybridized carbons (Fsp3) is 0.103. The Bertz CT molecular complexity index is 1390. The molecule has 34 heavy (non-hydrogen) atoms. The molecule has 0 spiro atoms. The molecular weight excluding hydrogens is 422 g/mol. The van der Waals surface area contributed by atoms with Gasteiger partial charge in [0.25, 0.3) is 0 Å². The van der Waals surface area contributed by atoms with Crippen molar-refractivity contribution in [3.63, 3.8) is 0 Å². The zero-order chi connectivity index (χ0) is 23.3. The monoisotopic (exact) mass is 447 g/mol. The molecule has 0 aliphatic heterocycles. The summed E-state index contributed by atoms with van der Waals surface area (Å²) >= 11 is 0. The lowest BCUT2D eigenvalue weighted by atomic mass is 9.98. The number of fused-ring (bicyclic) bond motifs is 1. The minimum Gasteiger partial charge on any atom is -0.445 e. The number of carbonyl (C=O) groups is 1. The highest BCUT2D eigenvalue weighted by molar-refractivity contribution is 5.72. The Hall–Kier alpha value is -4.38. The van der Waals surface area contributed by atoms with Crippen molar-refractivity contribution >= 4 is 11.7 Å². The number of imidazole rings is 1. The second kappa shape index (κ2) is 9.63. The van der Waals surface area contributed by atoms with Crippen LogP contribution >= 0.6 is 0 Å². The van der Waals surface area contributed by atoms with Crippen molar-refractivity contribution < 1.29 is 9.53 Å². The lowest BCUT2D eigenvalue weighted by Gasteiger charge is -2.21. The Morgan fingerprint density at radius 1 is 0.882 bits per heavy atom. The summed E-state index contributed by atoms with van der Waals surface area (Å²) in [5, 5.41) is 3.11. The number of aryl methyl sites for hydroxylation is 1. The maximum atomic E-state index is 13.0. The molecule has 168 valence electrons. The van der Waals surface area contributed by atoms with Crippen molar-refractivity contribution in [3.05, 3.63) is 132 Å². The Morgan fingerprint density at radius 2 is 1.56 bits per heavy atom. The number of amides is 1. The van der Waals surface area contributed by atoms with Gasteiger partial charge in [-0.3, -0.25) is 0 Å². The molecule has 0 fully saturated rings. The van der Waals surface area contributed by atoms with E-state index in [0.717, 1.165) is 39.3 Å². The maximum absolute atomic E-state index is 13.0. The van der Waals surface area contributed by atoms with Crippen molar-refractivity contribution in [3.8, 4) is 11.3 Å². The normalized spacial score (nSPS) is 11.8. The average Bonchev–Trinajstić information content (AvgIpc) is 3.27. The van der Waals surface area contributed by atoms with Gasteiger partial charge in [-0.1, -0.05) is 96.6 Å². The molecule has 5 rings (SSSR count). The third-order valence-electron chi connectivity index (χ3n) is 5.77. The molecule has 0 saturated carbocycles. The van der Waals surface area contributed by atoms with Crippen molar-refractivity contribution in [1.29, 1.82) is 0 Å². The number of hydrogen-bond donors (Lipinski definition) is 1. The predicted molar refractivity (Wildman–Crippen MR) is 133 cm³/mol. The molecule has 1 atom stereocenters. The van der Waals surface area contributed by atoms with Crippen LogP contribution in [-0.4, -0.2) is 15.5 Å². The quantitative estimate of drug-likeness (QED) is 0.331. The second-order valence-corrected chi connectivity index (χ2v) is 8.19. The van der Waals surface area contributed by atoms with Crippen LogP contribution in [0.3, 0.4) is 0 Å². The maximum Gasteiger partial charge on any atom is 0.408 e. The molecule has 1 N–H and O–H groups in total. The lowest BCUT2D eigenvalue weighted by Crippen LogP contribution is -2.31. The molecule has 5 heteroatoms. The lowest BCUT2D eigenvalue weighted by molar-refractivity contribution is 0.137. The zero-order valence-corrected chi connectivity index (χ0v) is 18.9. The summed E-state index contributed by atoms with van der Waals surface area (Å²) < 4.78 is 7.61. The summed E-state index contributed by atoms with van der Waals surface area (Å²) in [4.78, 5) is 17.9. The highest BCUT2D eigenvalue weighted by atomic mass is 16.5. The van der Waals surface area contributed by atoms with E-state index in [1.807, 2.05) is 121 Å². The standard InChI is InChI=1S/C29H25N3O2/c1-21-15-17-24(18-16-21)27(31-29(33)34-20-22-10-4-2-5-11-22)28-26(23-12-6-3-7-13-23)30-25-14-8-9-19-32(25)28/h2-19,27H,20H2,1H3,(H,31,33). The van der Waals surface area contributed by atoms with E-state index in [4.69, 9.17) is 9.72 Å². The van der Waals surface area contributed by atoms with Gasteiger partial charge in [-0.25, -0.2) is 9.78 Å². The first-order valence-corrected chi connectivity index (χ1v) is 11.3. The smallest absolute Gasteiger partial charge is 0.408 e. The molecule has 0 saturated heterocycles. The molecule has 2 heterocycles. The minimum absolute atomic E-state index is 0.200. The largest absolute Gasteiger partial charge is 0.445 e. The fourth-order valence-corrected chi connectivity index (χ4v) is 4.05. The van der Waals surface area contributed by atoms with Crippen molar-refractivity contribution in [1.82, 2.24) is 14.7 Å². The average molecular weight is 448 g/mol. The summed E-state index contributed by atoms with van der Waals surface area (Å²) in [5.41, 5.74) is 6.53. The number of hydrogen-bond acceptors (Lipinski definition) is 3. The third kappa shape index (κ3) is 4.55. The molecule has 0 aliphatic carbocycles. The predicted octanol–water partition coefficient (Wildman–Crippen LogP) is 6.33. The molecule has 5 nitrogen and oxygen atoms in total. The van der Waals surface area contributed by atoms with Crippen LogP contribution in [0.4, 0.5) is 4.79 Å². The van der Waals surface area contributed by atoms with Crippen molar-refractivity contribution in [2.24, 2.45) is 0 Å². The summed E-state index contributed by atoms with van der Waals surface area (Å²) in [7, 11) is 0. The number of carbonyl (C=O) groups excluding carboxylic acids is 1. The summed E-state index contributed by atoms with van der Waals surface area (Å²) in [6.07, 6.45) is 1.49. The molecule has 3 aromatic carbocycles. The van der Waals surface area contributed by atoms with Crippen LogP contribution in [0.25, 0.3) is 16.9 Å². The summed E-state index contributed by atoms with van der Waals surface area (Å²) in [6, 6.07) is 33.3. The van der Waals surface area contributed by atoms with Gasteiger partial charge in [0.05, 0.1) is 11.4 Å². The number of benzene rings is 3. The fourth-order valence-electron chi connectivity index (χ4n) is 4.05. The van der Waals surface area contributed by atoms with E-state index in [2.05, 4.69) is 5.32 Å². The highest BCUT2D eigenvalue weighted by Crippen LogP contribution is 2.33. The number of nitrogens with one attached hydrogen (secondary N) is 1. The molecule has 1 amide bonds. The van der Waals surface area contributed by atoms with E-state index in [1.54, 1.807) is 0 Å². The first-order valence-electron chi connectivity index (χ1n) is 11.3. The van der Waals surface area contributed by atoms with E-state index in [-0.39, 0.29) is 6.61 Å². The van der Waals surface area contributed by atoms with Crippen LogP contribution in [0.1, 0.15) is 28.4 Å². The number of aromatic nitrogens is 2. The van der Waals surface area contributed by atoms with Crippen LogP contribution in [0.15, 0.2) is 109 Å². The molecule has 1 unspecified atom stereocenters. The van der Waals surface area contributed by atoms with Crippen LogP contribution in [0.2, 0.25) is 0 Å². The summed E-state index contributed by atoms with van der Waals surface area (Å²) in [5.74, 6) is 0. The third-order valence-corrected chi connectivity index (χ3v) is 5.77. The molecule has 0 radical (unpaired) electrons. The van der Waals surface area contributed by atoms with Crippen LogP contribution in [-0.2, 0) is 11.3 Å². The Morgan fingerprint density at radius 3 is 2.29 bits per heavy atom. The SMILES string of the molecule is Cc1ccc(C(NC(=O)OCc2ccccc2)c2c(-c3ccccc3)nc3ccccn23)cc1. The van der Waals surface area contributed by atoms with Gasteiger partial charge >= 0.3 is 6.09 Å². The van der Waals surface area contributed by atoms with Gasteiger partial charge in [-0.2, -0.15) is 0 Å². The van der Waals surface area contributed by atoms with E-state index in [1.165, 1.54) is 0 Å². The zero-order valence-electron chi connectivity index (χ0n) is 18.9. The van der Waals surface area contributed by atoms with Gasteiger partial charge in [-0.15, -0.1) is 0 Å². The number of pyridine rings is 1. The molecule has 0 aliphatic rings. The van der Waals surface area contributed by atoms with E-state index in [9.17, 15) is 4.79 Å². The number of ether oxygens (including phenoxy) is 1. The van der Waals surface area contributed by atoms with Crippen LogP contribution < -0.4 is 5.32 Å². The van der Waals surface area contributed by atoms with Gasteiger partial charge in [0.1, 0.15) is 18.3 Å². The van der Waals surface area contributed by atoms with E-state index >= 15 is 0 Å². The number of alkyl carbamates (subject to hydrolysis) is 1. The molecular formula is C29H25N3O2.